The summed E-state index contributed by atoms with van der Waals surface area (Å²) in [6.07, 6.45) is 7.01. The van der Waals surface area contributed by atoms with Gasteiger partial charge in [0, 0.05) is 30.8 Å². The van der Waals surface area contributed by atoms with Crippen molar-refractivity contribution in [2.75, 3.05) is 27.3 Å². The lowest BCUT2D eigenvalue weighted by atomic mass is 10.2. The van der Waals surface area contributed by atoms with Crippen molar-refractivity contribution in [3.05, 3.63) is 46.8 Å². The van der Waals surface area contributed by atoms with Gasteiger partial charge in [-0.25, -0.2) is 8.42 Å². The first-order valence-electron chi connectivity index (χ1n) is 11.2. The van der Waals surface area contributed by atoms with E-state index in [2.05, 4.69) is 10.9 Å². The van der Waals surface area contributed by atoms with Crippen LogP contribution in [0.25, 0.3) is 10.2 Å². The molecule has 0 unspecified atom stereocenters. The molecule has 2 aromatic carbocycles. The molecule has 1 amide bonds. The summed E-state index contributed by atoms with van der Waals surface area (Å²) in [6, 6.07) is 9.48. The number of carbonyl (C=O) groups excluding carboxylic acids is 1. The standard InChI is InChI=1S/C25H29N3O5S2/c1-6-13-27(14-7-2)35(30,31)19-11-9-18(10-12-19)24(29)26-25-28(15-8-3)20-16-21(32-4)22(33-5)17-23(20)34-25/h3,9-12,16-17H,6-7,13-15H2,1-2,4-5H3. The van der Waals surface area contributed by atoms with Gasteiger partial charge in [-0.3, -0.25) is 4.79 Å². The van der Waals surface area contributed by atoms with Gasteiger partial charge in [-0.2, -0.15) is 9.30 Å². The Morgan fingerprint density at radius 1 is 1.09 bits per heavy atom. The van der Waals surface area contributed by atoms with Crippen molar-refractivity contribution in [2.45, 2.75) is 38.1 Å². The molecule has 3 rings (SSSR count). The molecule has 0 atom stereocenters. The highest BCUT2D eigenvalue weighted by molar-refractivity contribution is 7.89. The third-order valence-electron chi connectivity index (χ3n) is 5.32. The lowest BCUT2D eigenvalue weighted by Crippen LogP contribution is -2.32. The summed E-state index contributed by atoms with van der Waals surface area (Å²) in [7, 11) is -0.532. The summed E-state index contributed by atoms with van der Waals surface area (Å²) in [5, 5.41) is 0. The highest BCUT2D eigenvalue weighted by Crippen LogP contribution is 2.33. The maximum absolute atomic E-state index is 13.0. The molecule has 1 heterocycles. The quantitative estimate of drug-likeness (QED) is 0.382. The Balaban J connectivity index is 2.00. The minimum atomic E-state index is -3.63. The molecule has 0 fully saturated rings. The van der Waals surface area contributed by atoms with Crippen LogP contribution in [0.2, 0.25) is 0 Å². The predicted molar refractivity (Wildman–Crippen MR) is 137 cm³/mol. The first-order chi connectivity index (χ1) is 16.8. The maximum atomic E-state index is 13.0. The molecule has 1 aromatic heterocycles. The van der Waals surface area contributed by atoms with Gasteiger partial charge in [0.15, 0.2) is 16.3 Å². The molecular formula is C25H29N3O5S2. The zero-order chi connectivity index (χ0) is 25.6. The summed E-state index contributed by atoms with van der Waals surface area (Å²) in [4.78, 5) is 17.8. The number of hydrogen-bond acceptors (Lipinski definition) is 6. The average Bonchev–Trinajstić information content (AvgIpc) is 3.18. The highest BCUT2D eigenvalue weighted by Gasteiger charge is 2.23. The Kier molecular flexibility index (Phi) is 8.72. The van der Waals surface area contributed by atoms with Crippen LogP contribution in [0.5, 0.6) is 11.5 Å². The average molecular weight is 516 g/mol. The molecular weight excluding hydrogens is 486 g/mol. The lowest BCUT2D eigenvalue weighted by Gasteiger charge is -2.21. The zero-order valence-electron chi connectivity index (χ0n) is 20.3. The van der Waals surface area contributed by atoms with Gasteiger partial charge in [0.1, 0.15) is 0 Å². The third kappa shape index (κ3) is 5.59. The van der Waals surface area contributed by atoms with E-state index < -0.39 is 15.9 Å². The molecule has 0 spiro atoms. The molecule has 0 bridgehead atoms. The number of amides is 1. The number of terminal acetylenes is 1. The summed E-state index contributed by atoms with van der Waals surface area (Å²) in [5.41, 5.74) is 1.05. The van der Waals surface area contributed by atoms with E-state index in [9.17, 15) is 13.2 Å². The first-order valence-corrected chi connectivity index (χ1v) is 13.4. The van der Waals surface area contributed by atoms with Crippen molar-refractivity contribution in [2.24, 2.45) is 4.99 Å². The number of hydrogen-bond donors (Lipinski definition) is 0. The van der Waals surface area contributed by atoms with E-state index >= 15 is 0 Å². The molecule has 0 saturated carbocycles. The minimum absolute atomic E-state index is 0.152. The van der Waals surface area contributed by atoms with Crippen LogP contribution in [0.3, 0.4) is 0 Å². The van der Waals surface area contributed by atoms with Crippen molar-refractivity contribution in [3.63, 3.8) is 0 Å². The third-order valence-corrected chi connectivity index (χ3v) is 8.27. The number of rotatable bonds is 10. The van der Waals surface area contributed by atoms with Gasteiger partial charge in [0.2, 0.25) is 10.0 Å². The lowest BCUT2D eigenvalue weighted by molar-refractivity contribution is 0.0998. The van der Waals surface area contributed by atoms with E-state index in [4.69, 9.17) is 15.9 Å². The molecule has 186 valence electrons. The summed E-state index contributed by atoms with van der Waals surface area (Å²) < 4.78 is 40.8. The van der Waals surface area contributed by atoms with Gasteiger partial charge in [-0.1, -0.05) is 31.1 Å². The van der Waals surface area contributed by atoms with Crippen molar-refractivity contribution >= 4 is 37.5 Å². The van der Waals surface area contributed by atoms with Crippen molar-refractivity contribution in [1.82, 2.24) is 8.87 Å². The molecule has 0 aliphatic heterocycles. The van der Waals surface area contributed by atoms with E-state index in [-0.39, 0.29) is 17.0 Å². The van der Waals surface area contributed by atoms with Crippen molar-refractivity contribution in [3.8, 4) is 23.8 Å². The molecule has 0 aliphatic carbocycles. The van der Waals surface area contributed by atoms with Crippen LogP contribution < -0.4 is 14.3 Å². The van der Waals surface area contributed by atoms with E-state index in [1.54, 1.807) is 24.9 Å². The zero-order valence-corrected chi connectivity index (χ0v) is 21.9. The fraction of sp³-hybridized carbons (Fsp3) is 0.360. The molecule has 0 saturated heterocycles. The van der Waals surface area contributed by atoms with Gasteiger partial charge in [-0.15, -0.1) is 6.42 Å². The van der Waals surface area contributed by atoms with Crippen LogP contribution in [0.15, 0.2) is 46.3 Å². The van der Waals surface area contributed by atoms with Crippen molar-refractivity contribution in [1.29, 1.82) is 0 Å². The second kappa shape index (κ2) is 11.5. The number of methoxy groups -OCH3 is 2. The van der Waals surface area contributed by atoms with Crippen LogP contribution in [-0.2, 0) is 16.6 Å². The summed E-state index contributed by atoms with van der Waals surface area (Å²) in [6.45, 7) is 4.98. The van der Waals surface area contributed by atoms with Crippen LogP contribution in [0.4, 0.5) is 0 Å². The Morgan fingerprint density at radius 2 is 1.69 bits per heavy atom. The van der Waals surface area contributed by atoms with E-state index in [0.717, 1.165) is 23.1 Å². The molecule has 8 nitrogen and oxygen atoms in total. The fourth-order valence-corrected chi connectivity index (χ4v) is 6.31. The van der Waals surface area contributed by atoms with E-state index in [0.29, 0.717) is 29.4 Å². The molecule has 3 aromatic rings. The van der Waals surface area contributed by atoms with Gasteiger partial charge in [0.05, 0.1) is 35.9 Å². The number of carbonyl (C=O) groups is 1. The molecule has 0 N–H and O–H groups in total. The Labute approximate surface area is 209 Å². The van der Waals surface area contributed by atoms with Crippen molar-refractivity contribution < 1.29 is 22.7 Å². The summed E-state index contributed by atoms with van der Waals surface area (Å²) in [5.74, 6) is 3.20. The number of ether oxygens (including phenoxy) is 2. The number of nitrogens with zero attached hydrogens (tertiary/aromatic N) is 3. The number of thiazole rings is 1. The van der Waals surface area contributed by atoms with Crippen LogP contribution in [0.1, 0.15) is 37.0 Å². The smallest absolute Gasteiger partial charge is 0.279 e. The fourth-order valence-electron chi connectivity index (χ4n) is 3.65. The normalized spacial score (nSPS) is 12.2. The molecule has 0 aliphatic rings. The Morgan fingerprint density at radius 3 is 2.23 bits per heavy atom. The first kappa shape index (κ1) is 26.5. The minimum Gasteiger partial charge on any atom is -0.493 e. The van der Waals surface area contributed by atoms with Crippen LogP contribution in [-0.4, -0.2) is 50.5 Å². The van der Waals surface area contributed by atoms with Crippen LogP contribution in [0, 0.1) is 12.3 Å². The Bertz CT molecular complexity index is 1410. The second-order valence-corrected chi connectivity index (χ2v) is 10.6. The van der Waals surface area contributed by atoms with Crippen LogP contribution >= 0.6 is 11.3 Å². The summed E-state index contributed by atoms with van der Waals surface area (Å²) >= 11 is 1.30. The number of sulfonamides is 1. The second-order valence-electron chi connectivity index (χ2n) is 7.70. The molecule has 10 heteroatoms. The van der Waals surface area contributed by atoms with E-state index in [1.807, 2.05) is 19.9 Å². The SMILES string of the molecule is C#CCn1c(=NC(=O)c2ccc(S(=O)(=O)N(CCC)CCC)cc2)sc2cc(OC)c(OC)cc21. The topological polar surface area (TPSA) is 90.2 Å². The monoisotopic (exact) mass is 515 g/mol. The highest BCUT2D eigenvalue weighted by atomic mass is 32.2. The van der Waals surface area contributed by atoms with Gasteiger partial charge in [-0.05, 0) is 37.1 Å². The van der Waals surface area contributed by atoms with Gasteiger partial charge >= 0.3 is 0 Å². The Hall–Kier alpha value is -3.13. The van der Waals surface area contributed by atoms with Gasteiger partial charge in [0.25, 0.3) is 5.91 Å². The molecule has 35 heavy (non-hydrogen) atoms. The molecule has 0 radical (unpaired) electrons. The number of aromatic nitrogens is 1. The predicted octanol–water partition coefficient (Wildman–Crippen LogP) is 3.91. The number of benzene rings is 2. The maximum Gasteiger partial charge on any atom is 0.279 e. The van der Waals surface area contributed by atoms with E-state index in [1.165, 1.54) is 39.9 Å². The number of fused-ring (bicyclic) bond motifs is 1. The van der Waals surface area contributed by atoms with Gasteiger partial charge < -0.3 is 14.0 Å². The largest absolute Gasteiger partial charge is 0.493 e.